The molecular weight excluding hydrogens is 472 g/mol. The molecule has 4 rings (SSSR count). The Labute approximate surface area is 200 Å². The average Bonchev–Trinajstić information content (AvgIpc) is 2.84. The van der Waals surface area contributed by atoms with Crippen molar-refractivity contribution in [1.82, 2.24) is 4.31 Å². The van der Waals surface area contributed by atoms with Crippen LogP contribution >= 0.6 is 0 Å². The van der Waals surface area contributed by atoms with Crippen molar-refractivity contribution in [3.8, 4) is 11.1 Å². The van der Waals surface area contributed by atoms with Crippen LogP contribution < -0.4 is 5.32 Å². The third-order valence-corrected chi connectivity index (χ3v) is 8.91. The molecule has 0 spiro atoms. The highest BCUT2D eigenvalue weighted by Crippen LogP contribution is 2.27. The van der Waals surface area contributed by atoms with Gasteiger partial charge >= 0.3 is 0 Å². The van der Waals surface area contributed by atoms with Crippen molar-refractivity contribution in [1.29, 1.82) is 0 Å². The van der Waals surface area contributed by atoms with Crippen LogP contribution in [0.2, 0.25) is 0 Å². The molecule has 1 amide bonds. The van der Waals surface area contributed by atoms with Gasteiger partial charge in [-0.1, -0.05) is 42.5 Å². The molecule has 3 aromatic carbocycles. The number of sulfonamides is 1. The number of carbonyl (C=O) groups excluding carboxylic acids is 1. The maximum atomic E-state index is 13.2. The summed E-state index contributed by atoms with van der Waals surface area (Å²) in [6.07, 6.45) is 2.39. The Hall–Kier alpha value is -3.01. The highest BCUT2D eigenvalue weighted by atomic mass is 32.2. The number of nitrogens with one attached hydrogen (secondary N) is 1. The first kappa shape index (κ1) is 24.1. The average molecular weight is 499 g/mol. The van der Waals surface area contributed by atoms with Crippen molar-refractivity contribution >= 4 is 31.5 Å². The monoisotopic (exact) mass is 498 g/mol. The molecule has 0 bridgehead atoms. The van der Waals surface area contributed by atoms with Gasteiger partial charge in [0.05, 0.1) is 15.7 Å². The normalized spacial score (nSPS) is 17.3. The van der Waals surface area contributed by atoms with Gasteiger partial charge in [-0.25, -0.2) is 16.8 Å². The molecule has 0 aliphatic carbocycles. The molecule has 1 fully saturated rings. The minimum atomic E-state index is -3.75. The Balaban J connectivity index is 1.47. The number of nitrogens with zero attached hydrogens (tertiary/aromatic N) is 1. The Kier molecular flexibility index (Phi) is 6.88. The summed E-state index contributed by atoms with van der Waals surface area (Å²) in [5.41, 5.74) is 2.25. The highest BCUT2D eigenvalue weighted by molar-refractivity contribution is 7.90. The van der Waals surface area contributed by atoms with Crippen molar-refractivity contribution in [3.05, 3.63) is 78.9 Å². The zero-order chi connectivity index (χ0) is 24.3. The van der Waals surface area contributed by atoms with Gasteiger partial charge in [0, 0.05) is 25.0 Å². The second-order valence-corrected chi connectivity index (χ2v) is 12.3. The summed E-state index contributed by atoms with van der Waals surface area (Å²) in [5.74, 6) is -0.602. The van der Waals surface area contributed by atoms with Gasteiger partial charge < -0.3 is 5.32 Å². The second-order valence-electron chi connectivity index (χ2n) is 8.38. The van der Waals surface area contributed by atoms with E-state index in [0.717, 1.165) is 17.4 Å². The summed E-state index contributed by atoms with van der Waals surface area (Å²) < 4.78 is 51.2. The van der Waals surface area contributed by atoms with E-state index in [4.69, 9.17) is 0 Å². The van der Waals surface area contributed by atoms with Crippen LogP contribution in [0, 0.1) is 5.92 Å². The van der Waals surface area contributed by atoms with E-state index < -0.39 is 25.8 Å². The van der Waals surface area contributed by atoms with E-state index in [-0.39, 0.29) is 22.2 Å². The molecule has 178 valence electrons. The molecule has 1 N–H and O–H groups in total. The summed E-state index contributed by atoms with van der Waals surface area (Å²) in [7, 11) is -7.03. The van der Waals surface area contributed by atoms with E-state index in [1.165, 1.54) is 16.4 Å². The number of sulfone groups is 1. The first-order chi connectivity index (χ1) is 16.1. The number of para-hydroxylation sites is 1. The van der Waals surface area contributed by atoms with Gasteiger partial charge in [0.2, 0.25) is 15.9 Å². The lowest BCUT2D eigenvalue weighted by Gasteiger charge is -2.31. The Morgan fingerprint density at radius 2 is 1.38 bits per heavy atom. The topological polar surface area (TPSA) is 101 Å². The molecule has 7 nitrogen and oxygen atoms in total. The first-order valence-corrected chi connectivity index (χ1v) is 14.2. The Morgan fingerprint density at radius 1 is 0.824 bits per heavy atom. The number of hydrogen-bond donors (Lipinski definition) is 1. The van der Waals surface area contributed by atoms with E-state index in [1.54, 1.807) is 48.5 Å². The van der Waals surface area contributed by atoms with Gasteiger partial charge in [-0.3, -0.25) is 4.79 Å². The fourth-order valence-corrected chi connectivity index (χ4v) is 6.16. The summed E-state index contributed by atoms with van der Waals surface area (Å²) in [4.78, 5) is 13.1. The third kappa shape index (κ3) is 5.38. The summed E-state index contributed by atoms with van der Waals surface area (Å²) >= 11 is 0. The van der Waals surface area contributed by atoms with Gasteiger partial charge in [0.25, 0.3) is 0 Å². The van der Waals surface area contributed by atoms with E-state index in [0.29, 0.717) is 25.1 Å². The smallest absolute Gasteiger partial charge is 0.243 e. The van der Waals surface area contributed by atoms with Gasteiger partial charge in [0.15, 0.2) is 9.84 Å². The van der Waals surface area contributed by atoms with Gasteiger partial charge in [-0.2, -0.15) is 4.31 Å². The van der Waals surface area contributed by atoms with Crippen molar-refractivity contribution in [2.75, 3.05) is 24.7 Å². The zero-order valence-electron chi connectivity index (χ0n) is 18.7. The van der Waals surface area contributed by atoms with Crippen LogP contribution in [-0.2, 0) is 24.7 Å². The largest absolute Gasteiger partial charge is 0.326 e. The molecule has 3 aromatic rings. The van der Waals surface area contributed by atoms with Crippen molar-refractivity contribution in [2.24, 2.45) is 5.92 Å². The van der Waals surface area contributed by atoms with Crippen LogP contribution in [-0.4, -0.2) is 46.4 Å². The van der Waals surface area contributed by atoms with Crippen LogP contribution in [0.3, 0.4) is 0 Å². The van der Waals surface area contributed by atoms with Crippen LogP contribution in [0.25, 0.3) is 11.1 Å². The summed E-state index contributed by atoms with van der Waals surface area (Å²) in [5, 5.41) is 2.86. The van der Waals surface area contributed by atoms with Gasteiger partial charge in [0.1, 0.15) is 0 Å². The van der Waals surface area contributed by atoms with Crippen LogP contribution in [0.4, 0.5) is 5.69 Å². The maximum Gasteiger partial charge on any atom is 0.243 e. The second kappa shape index (κ2) is 9.69. The molecule has 0 radical (unpaired) electrons. The predicted molar refractivity (Wildman–Crippen MR) is 132 cm³/mol. The quantitative estimate of drug-likeness (QED) is 0.557. The van der Waals surface area contributed by atoms with Crippen LogP contribution in [0.1, 0.15) is 12.8 Å². The van der Waals surface area contributed by atoms with E-state index in [9.17, 15) is 21.6 Å². The van der Waals surface area contributed by atoms with E-state index in [2.05, 4.69) is 5.32 Å². The van der Waals surface area contributed by atoms with Gasteiger partial charge in [-0.05, 0) is 60.4 Å². The van der Waals surface area contributed by atoms with E-state index in [1.807, 2.05) is 18.2 Å². The third-order valence-electron chi connectivity index (χ3n) is 5.90. The molecule has 34 heavy (non-hydrogen) atoms. The predicted octanol–water partition coefficient (Wildman–Crippen LogP) is 3.80. The van der Waals surface area contributed by atoms with Crippen LogP contribution in [0.5, 0.6) is 0 Å². The van der Waals surface area contributed by atoms with Crippen molar-refractivity contribution < 1.29 is 21.6 Å². The maximum absolute atomic E-state index is 13.2. The Bertz CT molecular complexity index is 1370. The highest BCUT2D eigenvalue weighted by Gasteiger charge is 2.33. The minimum absolute atomic E-state index is 0.135. The Morgan fingerprint density at radius 3 is 1.94 bits per heavy atom. The number of carbonyl (C=O) groups is 1. The van der Waals surface area contributed by atoms with Crippen LogP contribution in [0.15, 0.2) is 88.7 Å². The number of piperidine rings is 1. The number of hydrogen-bond acceptors (Lipinski definition) is 5. The lowest BCUT2D eigenvalue weighted by molar-refractivity contribution is -0.120. The molecular formula is C25H26N2O5S2. The molecule has 9 heteroatoms. The molecule has 1 aliphatic heterocycles. The van der Waals surface area contributed by atoms with Crippen molar-refractivity contribution in [3.63, 3.8) is 0 Å². The number of anilines is 1. The number of amides is 1. The molecule has 1 heterocycles. The standard InChI is InChI=1S/C25H26N2O5S2/c1-33(29,30)23-13-9-19(10-14-23)20-11-15-24(16-12-20)34(31,32)27-17-5-6-21(18-27)25(28)26-22-7-3-2-4-8-22/h2-4,7-16,21H,5-6,17-18H2,1H3,(H,26,28). The lowest BCUT2D eigenvalue weighted by atomic mass is 9.99. The van der Waals surface area contributed by atoms with Gasteiger partial charge in [-0.15, -0.1) is 0 Å². The molecule has 1 unspecified atom stereocenters. The first-order valence-electron chi connectivity index (χ1n) is 10.9. The molecule has 1 aliphatic rings. The molecule has 1 atom stereocenters. The van der Waals surface area contributed by atoms with E-state index >= 15 is 0 Å². The minimum Gasteiger partial charge on any atom is -0.326 e. The molecule has 0 aromatic heterocycles. The number of rotatable bonds is 6. The lowest BCUT2D eigenvalue weighted by Crippen LogP contribution is -2.43. The summed E-state index contributed by atoms with van der Waals surface area (Å²) in [6.45, 7) is 0.502. The van der Waals surface area contributed by atoms with Crippen molar-refractivity contribution in [2.45, 2.75) is 22.6 Å². The summed E-state index contributed by atoms with van der Waals surface area (Å²) in [6, 6.07) is 22.1. The zero-order valence-corrected chi connectivity index (χ0v) is 20.3. The fourth-order valence-electron chi connectivity index (χ4n) is 4.00. The SMILES string of the molecule is CS(=O)(=O)c1ccc(-c2ccc(S(=O)(=O)N3CCCC(C(=O)Nc4ccccc4)C3)cc2)cc1. The molecule has 1 saturated heterocycles. The number of benzene rings is 3. The molecule has 0 saturated carbocycles. The fraction of sp³-hybridized carbons (Fsp3) is 0.240.